The van der Waals surface area contributed by atoms with Crippen LogP contribution in [0.5, 0.6) is 11.5 Å². The number of fused-ring (bicyclic) bond motifs is 11. The van der Waals surface area contributed by atoms with E-state index in [4.69, 9.17) is 23.4 Å². The molecule has 2 aromatic rings. The van der Waals surface area contributed by atoms with Crippen molar-refractivity contribution in [1.29, 1.82) is 0 Å². The summed E-state index contributed by atoms with van der Waals surface area (Å²) in [5.41, 5.74) is -5.64. The maximum absolute atomic E-state index is 13.4. The Labute approximate surface area is 322 Å². The van der Waals surface area contributed by atoms with Gasteiger partial charge in [0.25, 0.3) is 5.79 Å². The monoisotopic (exact) mass is 791 g/mol. The third-order valence-corrected chi connectivity index (χ3v) is 16.9. The molecule has 298 valence electrons. The molecule has 6 aliphatic rings. The average molecular weight is 792 g/mol. The van der Waals surface area contributed by atoms with Crippen LogP contribution in [0.2, 0.25) is 0 Å². The molecule has 0 radical (unpaired) electrons. The molecule has 1 saturated heterocycles. The summed E-state index contributed by atoms with van der Waals surface area (Å²) >= 11 is 0. The number of furan rings is 1. The Balaban J connectivity index is 1.35. The first-order valence-corrected chi connectivity index (χ1v) is 21.7. The summed E-state index contributed by atoms with van der Waals surface area (Å²) < 4.78 is 31.7. The van der Waals surface area contributed by atoms with Gasteiger partial charge in [0.1, 0.15) is 23.9 Å². The van der Waals surface area contributed by atoms with Crippen LogP contribution in [0.3, 0.4) is 0 Å². The summed E-state index contributed by atoms with van der Waals surface area (Å²) in [6, 6.07) is 3.58. The molecule has 8 rings (SSSR count). The molecule has 4 fully saturated rings. The van der Waals surface area contributed by atoms with Crippen LogP contribution in [0.4, 0.5) is 0 Å². The van der Waals surface area contributed by atoms with Gasteiger partial charge >= 0.3 is 5.97 Å². The summed E-state index contributed by atoms with van der Waals surface area (Å²) in [6.07, 6.45) is 7.94. The molecule has 15 heteroatoms. The fourth-order valence-corrected chi connectivity index (χ4v) is 14.3. The van der Waals surface area contributed by atoms with Crippen molar-refractivity contribution in [3.63, 3.8) is 0 Å². The van der Waals surface area contributed by atoms with E-state index in [9.17, 15) is 35.4 Å². The van der Waals surface area contributed by atoms with Gasteiger partial charge in [-0.1, -0.05) is 46.9 Å². The van der Waals surface area contributed by atoms with Crippen molar-refractivity contribution in [3.05, 3.63) is 36.1 Å². The van der Waals surface area contributed by atoms with Crippen molar-refractivity contribution in [2.75, 3.05) is 39.5 Å². The highest BCUT2D eigenvalue weighted by Crippen LogP contribution is 2.67. The Morgan fingerprint density at radius 2 is 1.93 bits per heavy atom. The molecular formula is C39H53NO12S2. The second-order valence-corrected chi connectivity index (χ2v) is 18.9. The van der Waals surface area contributed by atoms with Crippen LogP contribution in [-0.2, 0) is 20.7 Å². The molecule has 7 N–H and O–H groups in total. The molecule has 5 bridgehead atoms. The highest BCUT2D eigenvalue weighted by molar-refractivity contribution is 8.77. The second-order valence-electron chi connectivity index (χ2n) is 16.1. The van der Waals surface area contributed by atoms with Crippen molar-refractivity contribution in [2.24, 2.45) is 17.8 Å². The average Bonchev–Trinajstić information content (AvgIpc) is 3.64. The maximum atomic E-state index is 13.4. The molecule has 4 heterocycles. The molecule has 0 amide bonds. The van der Waals surface area contributed by atoms with E-state index >= 15 is 0 Å². The van der Waals surface area contributed by atoms with Gasteiger partial charge in [-0.3, -0.25) is 4.79 Å². The van der Waals surface area contributed by atoms with Crippen LogP contribution in [0.25, 0.3) is 11.0 Å². The highest BCUT2D eigenvalue weighted by atomic mass is 33.1. The van der Waals surface area contributed by atoms with Gasteiger partial charge in [0.15, 0.2) is 16.9 Å². The van der Waals surface area contributed by atoms with Crippen LogP contribution in [0.15, 0.2) is 35.0 Å². The van der Waals surface area contributed by atoms with Gasteiger partial charge < -0.3 is 59.3 Å². The first kappa shape index (κ1) is 38.8. The number of aliphatic hydroxyl groups is 6. The fraction of sp³-hybridized carbons (Fsp3) is 0.718. The van der Waals surface area contributed by atoms with Crippen LogP contribution in [0, 0.1) is 17.8 Å². The second kappa shape index (κ2) is 14.7. The number of benzene rings is 1. The zero-order valence-electron chi connectivity index (χ0n) is 30.6. The predicted octanol–water partition coefficient (Wildman–Crippen LogP) is 2.99. The summed E-state index contributed by atoms with van der Waals surface area (Å²) in [5, 5.41) is 76.1. The van der Waals surface area contributed by atoms with E-state index in [1.54, 1.807) is 35.9 Å². The molecule has 54 heavy (non-hydrogen) atoms. The SMILES string of the molecule is CCOC(=O)CCc1cc2ccoc2c2c1O[C@]13C=CC(SSC4(CCCCC4)CNCCO2)[C@](CO)(O1)[C@@]1(O)C[C@@H]2CC[C@@H](O)[C@H](CO)[C@H]2[C@@]3(O)[C@H]1O. The Bertz CT molecular complexity index is 1730. The lowest BCUT2D eigenvalue weighted by Gasteiger charge is -2.72. The summed E-state index contributed by atoms with van der Waals surface area (Å²) in [5.74, 6) is -4.83. The minimum absolute atomic E-state index is 0.00697. The van der Waals surface area contributed by atoms with Crippen molar-refractivity contribution in [2.45, 2.75) is 116 Å². The van der Waals surface area contributed by atoms with Crippen molar-refractivity contribution in [3.8, 4) is 11.5 Å². The van der Waals surface area contributed by atoms with E-state index < -0.39 is 77.0 Å². The summed E-state index contributed by atoms with van der Waals surface area (Å²) in [6.45, 7) is 2.13. The third-order valence-electron chi connectivity index (χ3n) is 13.2. The van der Waals surface area contributed by atoms with E-state index in [2.05, 4.69) is 5.32 Å². The number of carbonyl (C=O) groups excluding carboxylic acids is 1. The smallest absolute Gasteiger partial charge is 0.306 e. The van der Waals surface area contributed by atoms with E-state index in [0.717, 1.165) is 32.1 Å². The first-order chi connectivity index (χ1) is 26.0. The number of carbonyl (C=O) groups is 1. The maximum Gasteiger partial charge on any atom is 0.306 e. The van der Waals surface area contributed by atoms with E-state index in [1.807, 2.05) is 6.07 Å². The van der Waals surface area contributed by atoms with Gasteiger partial charge in [0.05, 0.1) is 30.8 Å². The molecule has 1 aromatic carbocycles. The molecule has 1 unspecified atom stereocenters. The molecule has 3 aliphatic carbocycles. The summed E-state index contributed by atoms with van der Waals surface area (Å²) in [7, 11) is 3.19. The van der Waals surface area contributed by atoms with E-state index in [1.165, 1.54) is 17.1 Å². The number of esters is 1. The van der Waals surface area contributed by atoms with Crippen LogP contribution in [-0.4, -0.2) is 121 Å². The number of aryl methyl sites for hydroxylation is 1. The number of hydrogen-bond acceptors (Lipinski definition) is 15. The minimum Gasteiger partial charge on any atom is -0.485 e. The number of ether oxygens (including phenoxy) is 4. The minimum atomic E-state index is -2.47. The van der Waals surface area contributed by atoms with Crippen molar-refractivity contribution >= 4 is 38.5 Å². The van der Waals surface area contributed by atoms with Crippen LogP contribution >= 0.6 is 21.6 Å². The van der Waals surface area contributed by atoms with Gasteiger partial charge in [0, 0.05) is 48.1 Å². The van der Waals surface area contributed by atoms with Crippen molar-refractivity contribution < 1.29 is 58.8 Å². The highest BCUT2D eigenvalue weighted by Gasteiger charge is 2.83. The Morgan fingerprint density at radius 1 is 1.11 bits per heavy atom. The van der Waals surface area contributed by atoms with Gasteiger partial charge in [-0.05, 0) is 75.1 Å². The fourth-order valence-electron chi connectivity index (χ4n) is 10.5. The third kappa shape index (κ3) is 5.86. The number of aliphatic hydroxyl groups excluding tert-OH is 4. The molecule has 13 nitrogen and oxygen atoms in total. The van der Waals surface area contributed by atoms with Crippen LogP contribution in [0.1, 0.15) is 70.3 Å². The topological polar surface area (TPSA) is 201 Å². The number of nitrogens with one attached hydrogen (secondary N) is 1. The lowest BCUT2D eigenvalue weighted by molar-refractivity contribution is -0.453. The lowest BCUT2D eigenvalue weighted by atomic mass is 9.46. The Kier molecular flexibility index (Phi) is 10.6. The molecule has 3 aliphatic heterocycles. The molecule has 1 aromatic heterocycles. The normalized spacial score (nSPS) is 40.1. The Morgan fingerprint density at radius 3 is 2.69 bits per heavy atom. The standard InChI is InChI=1S/C39H53NO12S2/c1-2-48-29(44)9-7-23-18-24-11-16-49-31(24)33-32(23)51-38-14-10-28(53-54-35(12-4-3-5-13-35)21-40-15-17-50-33)37(22-42,52-38)36(46)19-25-6-8-27(43)26(20-41)30(25)39(38,47)34(36)45/h10-11,14,16,18,25-28,30,34,40-43,45-47H,2-9,12-13,15,17,19-22H2,1H3/t25-,26-,27+,28?,30-,34-,36+,37-,38+,39+/m0/s1. The quantitative estimate of drug-likeness (QED) is 0.128. The largest absolute Gasteiger partial charge is 0.485 e. The molecule has 2 spiro atoms. The van der Waals surface area contributed by atoms with Crippen LogP contribution < -0.4 is 14.8 Å². The number of rotatable bonds is 6. The first-order valence-electron chi connectivity index (χ1n) is 19.5. The predicted molar refractivity (Wildman–Crippen MR) is 201 cm³/mol. The molecular weight excluding hydrogens is 739 g/mol. The Hall–Kier alpha value is -2.05. The van der Waals surface area contributed by atoms with E-state index in [0.29, 0.717) is 42.5 Å². The van der Waals surface area contributed by atoms with Gasteiger partial charge in [-0.2, -0.15) is 0 Å². The van der Waals surface area contributed by atoms with Crippen molar-refractivity contribution in [1.82, 2.24) is 5.32 Å². The zero-order valence-corrected chi connectivity index (χ0v) is 32.2. The van der Waals surface area contributed by atoms with E-state index in [-0.39, 0.29) is 48.7 Å². The zero-order chi connectivity index (χ0) is 37.9. The number of hydrogen-bond donors (Lipinski definition) is 7. The summed E-state index contributed by atoms with van der Waals surface area (Å²) in [4.78, 5) is 12.7. The van der Waals surface area contributed by atoms with Gasteiger partial charge in [-0.25, -0.2) is 0 Å². The molecule has 10 atom stereocenters. The van der Waals surface area contributed by atoms with Gasteiger partial charge in [-0.15, -0.1) is 0 Å². The van der Waals surface area contributed by atoms with Gasteiger partial charge in [0.2, 0.25) is 5.75 Å². The molecule has 3 saturated carbocycles. The lowest BCUT2D eigenvalue weighted by Crippen LogP contribution is -2.90.